The molecule has 0 aliphatic heterocycles. The van der Waals surface area contributed by atoms with E-state index in [1.807, 2.05) is 26.8 Å². The van der Waals surface area contributed by atoms with Crippen LogP contribution in [0.1, 0.15) is 23.8 Å². The third-order valence-electron chi connectivity index (χ3n) is 2.90. The van der Waals surface area contributed by atoms with Crippen molar-refractivity contribution in [1.82, 2.24) is 4.98 Å². The van der Waals surface area contributed by atoms with Crippen molar-refractivity contribution in [2.75, 3.05) is 6.61 Å². The van der Waals surface area contributed by atoms with E-state index in [-0.39, 0.29) is 0 Å². The molecule has 0 atom stereocenters. The lowest BCUT2D eigenvalue weighted by molar-refractivity contribution is 0.337. The fourth-order valence-corrected chi connectivity index (χ4v) is 1.99. The van der Waals surface area contributed by atoms with Crippen molar-refractivity contribution < 1.29 is 9.15 Å². The maximum atomic E-state index is 5.64. The molecule has 4 nitrogen and oxygen atoms in total. The Kier molecular flexibility index (Phi) is 3.67. The van der Waals surface area contributed by atoms with Gasteiger partial charge in [0, 0.05) is 5.56 Å². The molecule has 4 heteroatoms. The summed E-state index contributed by atoms with van der Waals surface area (Å²) in [5.41, 5.74) is 9.70. The molecule has 2 aromatic rings. The maximum absolute atomic E-state index is 5.64. The van der Waals surface area contributed by atoms with Crippen LogP contribution in [0, 0.1) is 13.8 Å². The average Bonchev–Trinajstić information content (AvgIpc) is 2.81. The van der Waals surface area contributed by atoms with Gasteiger partial charge >= 0.3 is 0 Å². The third kappa shape index (κ3) is 2.24. The number of rotatable bonds is 4. The van der Waals surface area contributed by atoms with Crippen LogP contribution in [0.3, 0.4) is 0 Å². The van der Waals surface area contributed by atoms with E-state index in [9.17, 15) is 0 Å². The van der Waals surface area contributed by atoms with Crippen LogP contribution in [0.25, 0.3) is 11.3 Å². The Morgan fingerprint density at radius 2 is 2.06 bits per heavy atom. The number of nitrogens with two attached hydrogens (primary N) is 1. The van der Waals surface area contributed by atoms with Crippen LogP contribution in [-0.2, 0) is 6.54 Å². The highest BCUT2D eigenvalue weighted by Gasteiger charge is 2.13. The third-order valence-corrected chi connectivity index (χ3v) is 2.90. The van der Waals surface area contributed by atoms with Crippen LogP contribution in [0.4, 0.5) is 0 Å². The summed E-state index contributed by atoms with van der Waals surface area (Å²) in [6, 6.07) is 4.10. The Balaban J connectivity index is 2.49. The summed E-state index contributed by atoms with van der Waals surface area (Å²) in [4.78, 5) is 4.25. The Morgan fingerprint density at radius 1 is 1.28 bits per heavy atom. The number of aromatic nitrogens is 1. The number of benzene rings is 1. The Hall–Kier alpha value is -1.81. The summed E-state index contributed by atoms with van der Waals surface area (Å²) >= 11 is 0. The fraction of sp³-hybridized carbons (Fsp3) is 0.357. The van der Waals surface area contributed by atoms with Crippen LogP contribution in [-0.4, -0.2) is 11.6 Å². The standard InChI is InChI=1S/C14H18N2O2/c1-4-17-12-6-9(2)11(5-10(12)3)14-13(7-15)18-8-16-14/h5-6,8H,4,7,15H2,1-3H3. The smallest absolute Gasteiger partial charge is 0.181 e. The Bertz CT molecular complexity index is 547. The molecule has 0 radical (unpaired) electrons. The molecule has 2 N–H and O–H groups in total. The minimum absolute atomic E-state index is 0.348. The van der Waals surface area contributed by atoms with E-state index < -0.39 is 0 Å². The summed E-state index contributed by atoms with van der Waals surface area (Å²) < 4.78 is 10.9. The summed E-state index contributed by atoms with van der Waals surface area (Å²) in [6.07, 6.45) is 1.43. The number of hydrogen-bond acceptors (Lipinski definition) is 4. The van der Waals surface area contributed by atoms with Gasteiger partial charge in [0.1, 0.15) is 17.2 Å². The highest BCUT2D eigenvalue weighted by Crippen LogP contribution is 2.31. The lowest BCUT2D eigenvalue weighted by Gasteiger charge is -2.11. The van der Waals surface area contributed by atoms with Crippen LogP contribution in [0.2, 0.25) is 0 Å². The number of oxazole rings is 1. The summed E-state index contributed by atoms with van der Waals surface area (Å²) in [6.45, 7) is 7.05. The first-order valence-electron chi connectivity index (χ1n) is 6.04. The zero-order valence-electron chi connectivity index (χ0n) is 11.0. The molecular formula is C14H18N2O2. The molecule has 1 aromatic carbocycles. The normalized spacial score (nSPS) is 10.7. The van der Waals surface area contributed by atoms with Crippen LogP contribution in [0.15, 0.2) is 22.9 Å². The van der Waals surface area contributed by atoms with Gasteiger partial charge in [0.25, 0.3) is 0 Å². The second-order valence-corrected chi connectivity index (χ2v) is 4.19. The monoisotopic (exact) mass is 246 g/mol. The predicted molar refractivity (Wildman–Crippen MR) is 70.5 cm³/mol. The molecule has 0 bridgehead atoms. The van der Waals surface area contributed by atoms with Crippen molar-refractivity contribution in [2.24, 2.45) is 5.73 Å². The van der Waals surface area contributed by atoms with Crippen molar-refractivity contribution in [1.29, 1.82) is 0 Å². The molecule has 0 saturated carbocycles. The van der Waals surface area contributed by atoms with Gasteiger partial charge in [-0.1, -0.05) is 0 Å². The van der Waals surface area contributed by atoms with E-state index in [2.05, 4.69) is 11.1 Å². The quantitative estimate of drug-likeness (QED) is 0.901. The molecule has 0 unspecified atom stereocenters. The molecule has 1 heterocycles. The van der Waals surface area contributed by atoms with Crippen LogP contribution >= 0.6 is 0 Å². The molecular weight excluding hydrogens is 228 g/mol. The first kappa shape index (κ1) is 12.6. The van der Waals surface area contributed by atoms with E-state index >= 15 is 0 Å². The molecule has 0 aliphatic rings. The van der Waals surface area contributed by atoms with Crippen molar-refractivity contribution in [2.45, 2.75) is 27.3 Å². The molecule has 0 aliphatic carbocycles. The predicted octanol–water partition coefficient (Wildman–Crippen LogP) is 2.82. The number of ether oxygens (including phenoxy) is 1. The first-order chi connectivity index (χ1) is 8.67. The molecule has 2 rings (SSSR count). The zero-order valence-corrected chi connectivity index (χ0v) is 11.0. The van der Waals surface area contributed by atoms with Gasteiger partial charge in [0.2, 0.25) is 0 Å². The fourth-order valence-electron chi connectivity index (χ4n) is 1.99. The number of hydrogen-bond donors (Lipinski definition) is 1. The van der Waals surface area contributed by atoms with E-state index in [0.29, 0.717) is 18.9 Å². The second-order valence-electron chi connectivity index (χ2n) is 4.19. The largest absolute Gasteiger partial charge is 0.494 e. The molecule has 0 fully saturated rings. The van der Waals surface area contributed by atoms with Gasteiger partial charge in [-0.15, -0.1) is 0 Å². The van der Waals surface area contributed by atoms with Crippen molar-refractivity contribution in [3.05, 3.63) is 35.4 Å². The van der Waals surface area contributed by atoms with Gasteiger partial charge in [-0.2, -0.15) is 0 Å². The minimum Gasteiger partial charge on any atom is -0.494 e. The van der Waals surface area contributed by atoms with Gasteiger partial charge in [-0.3, -0.25) is 0 Å². The topological polar surface area (TPSA) is 61.3 Å². The van der Waals surface area contributed by atoms with E-state index in [1.165, 1.54) is 6.39 Å². The number of nitrogens with zero attached hydrogens (tertiary/aromatic N) is 1. The van der Waals surface area contributed by atoms with Gasteiger partial charge in [-0.25, -0.2) is 4.98 Å². The van der Waals surface area contributed by atoms with Gasteiger partial charge in [0.15, 0.2) is 6.39 Å². The van der Waals surface area contributed by atoms with Gasteiger partial charge < -0.3 is 14.9 Å². The summed E-state index contributed by atoms with van der Waals surface area (Å²) in [5, 5.41) is 0. The molecule has 0 amide bonds. The first-order valence-corrected chi connectivity index (χ1v) is 6.04. The maximum Gasteiger partial charge on any atom is 0.181 e. The zero-order chi connectivity index (χ0) is 13.1. The molecule has 96 valence electrons. The minimum atomic E-state index is 0.348. The molecule has 0 saturated heterocycles. The van der Waals surface area contributed by atoms with Crippen molar-refractivity contribution in [3.8, 4) is 17.0 Å². The van der Waals surface area contributed by atoms with E-state index in [4.69, 9.17) is 14.9 Å². The molecule has 1 aromatic heterocycles. The molecule has 0 spiro atoms. The summed E-state index contributed by atoms with van der Waals surface area (Å²) in [5.74, 6) is 1.62. The SMILES string of the molecule is CCOc1cc(C)c(-c2ncoc2CN)cc1C. The summed E-state index contributed by atoms with van der Waals surface area (Å²) in [7, 11) is 0. The Labute approximate surface area is 107 Å². The second kappa shape index (κ2) is 5.23. The lowest BCUT2D eigenvalue weighted by atomic mass is 10.0. The highest BCUT2D eigenvalue weighted by molar-refractivity contribution is 5.67. The lowest BCUT2D eigenvalue weighted by Crippen LogP contribution is -1.99. The van der Waals surface area contributed by atoms with Crippen molar-refractivity contribution >= 4 is 0 Å². The Morgan fingerprint density at radius 3 is 2.72 bits per heavy atom. The molecule has 18 heavy (non-hydrogen) atoms. The van der Waals surface area contributed by atoms with Gasteiger partial charge in [0.05, 0.1) is 13.2 Å². The van der Waals surface area contributed by atoms with Crippen molar-refractivity contribution in [3.63, 3.8) is 0 Å². The number of aryl methyl sites for hydroxylation is 2. The van der Waals surface area contributed by atoms with Crippen LogP contribution < -0.4 is 10.5 Å². The van der Waals surface area contributed by atoms with E-state index in [0.717, 1.165) is 28.1 Å². The van der Waals surface area contributed by atoms with E-state index in [1.54, 1.807) is 0 Å². The van der Waals surface area contributed by atoms with Gasteiger partial charge in [-0.05, 0) is 44.0 Å². The van der Waals surface area contributed by atoms with Crippen LogP contribution in [0.5, 0.6) is 5.75 Å². The average molecular weight is 246 g/mol. The highest BCUT2D eigenvalue weighted by atomic mass is 16.5.